The fourth-order valence-corrected chi connectivity index (χ4v) is 4.99. The van der Waals surface area contributed by atoms with Crippen molar-refractivity contribution in [2.24, 2.45) is 5.92 Å². The number of alkyl halides is 2. The number of nitriles is 1. The number of hydrogen-bond acceptors (Lipinski definition) is 7. The highest BCUT2D eigenvalue weighted by Crippen LogP contribution is 2.34. The van der Waals surface area contributed by atoms with Crippen LogP contribution < -0.4 is 5.32 Å². The molecule has 2 saturated heterocycles. The first kappa shape index (κ1) is 30.0. The summed E-state index contributed by atoms with van der Waals surface area (Å²) >= 11 is 0. The molecule has 2 amide bonds. The summed E-state index contributed by atoms with van der Waals surface area (Å²) in [6.45, 7) is 4.26. The number of halogens is 2. The lowest BCUT2D eigenvalue weighted by atomic mass is 9.76. The molecule has 2 fully saturated rings. The minimum Gasteiger partial charge on any atom is -0.426 e. The molecular formula is C26H37BF2N4O5. The van der Waals surface area contributed by atoms with Gasteiger partial charge in [-0.25, -0.2) is 8.78 Å². The molecule has 3 rings (SSSR count). The number of nitrogens with zero attached hydrogens (tertiary/aromatic N) is 3. The molecule has 1 aromatic rings. The van der Waals surface area contributed by atoms with E-state index in [0.717, 1.165) is 5.56 Å². The van der Waals surface area contributed by atoms with E-state index in [9.17, 15) is 33.7 Å². The van der Waals surface area contributed by atoms with Crippen LogP contribution in [-0.2, 0) is 20.7 Å². The number of hydrogen-bond donors (Lipinski definition) is 3. The predicted molar refractivity (Wildman–Crippen MR) is 137 cm³/mol. The fraction of sp³-hybridized carbons (Fsp3) is 0.654. The quantitative estimate of drug-likeness (QED) is 0.367. The Hall–Kier alpha value is -2.59. The average molecular weight is 534 g/mol. The van der Waals surface area contributed by atoms with E-state index in [4.69, 9.17) is 4.74 Å². The van der Waals surface area contributed by atoms with E-state index in [2.05, 4.69) is 11.4 Å². The van der Waals surface area contributed by atoms with E-state index in [1.54, 1.807) is 4.90 Å². The highest BCUT2D eigenvalue weighted by atomic mass is 19.3. The Morgan fingerprint density at radius 1 is 1.29 bits per heavy atom. The zero-order valence-corrected chi connectivity index (χ0v) is 22.0. The van der Waals surface area contributed by atoms with Crippen LogP contribution in [0.3, 0.4) is 0 Å². The van der Waals surface area contributed by atoms with E-state index in [-0.39, 0.29) is 64.4 Å². The third-order valence-corrected chi connectivity index (χ3v) is 7.39. The molecule has 2 heterocycles. The predicted octanol–water partition coefficient (Wildman–Crippen LogP) is 1.38. The van der Waals surface area contributed by atoms with Crippen LogP contribution in [0.5, 0.6) is 0 Å². The van der Waals surface area contributed by atoms with Crippen LogP contribution in [0.2, 0.25) is 0 Å². The maximum Gasteiger partial charge on any atom is 0.475 e. The lowest BCUT2D eigenvalue weighted by Crippen LogP contribution is -2.51. The molecule has 0 aromatic heterocycles. The summed E-state index contributed by atoms with van der Waals surface area (Å²) in [7, 11) is -1.75. The molecule has 3 atom stereocenters. The van der Waals surface area contributed by atoms with Crippen LogP contribution in [0.1, 0.15) is 45.1 Å². The van der Waals surface area contributed by atoms with Crippen LogP contribution in [0.25, 0.3) is 0 Å². The molecule has 208 valence electrons. The summed E-state index contributed by atoms with van der Waals surface area (Å²) in [5.74, 6) is -5.36. The van der Waals surface area contributed by atoms with Crippen molar-refractivity contribution in [3.63, 3.8) is 0 Å². The number of morpholine rings is 1. The summed E-state index contributed by atoms with van der Waals surface area (Å²) in [5.41, 5.74) is 0.259. The number of ether oxygens (including phenoxy) is 1. The van der Waals surface area contributed by atoms with Gasteiger partial charge in [0.25, 0.3) is 5.92 Å². The maximum absolute atomic E-state index is 13.7. The van der Waals surface area contributed by atoms with Crippen molar-refractivity contribution in [1.82, 2.24) is 15.1 Å². The Morgan fingerprint density at radius 2 is 2.00 bits per heavy atom. The van der Waals surface area contributed by atoms with Gasteiger partial charge in [-0.1, -0.05) is 30.3 Å². The van der Waals surface area contributed by atoms with Crippen molar-refractivity contribution < 1.29 is 33.2 Å². The number of nitrogens with one attached hydrogen (secondary N) is 1. The number of amides is 2. The van der Waals surface area contributed by atoms with Crippen LogP contribution in [0.15, 0.2) is 30.3 Å². The summed E-state index contributed by atoms with van der Waals surface area (Å²) in [5, 5.41) is 31.7. The topological polar surface area (TPSA) is 126 Å². The van der Waals surface area contributed by atoms with E-state index in [0.29, 0.717) is 6.42 Å². The van der Waals surface area contributed by atoms with Crippen molar-refractivity contribution in [1.29, 1.82) is 5.26 Å². The molecule has 0 spiro atoms. The standard InChI is InChI=1S/C26H37BF2N4O5/c1-25(2,33-11-10-26(28,29)18-33)9-8-20(16-30)24(35)32-12-13-38-21(17-32)15-23(34)31-22(27(36)37)14-19-6-4-3-5-7-19/h3-7,20-22,36-37H,8-15,17-18H2,1-2H3,(H,31,34)/t20?,21-,22+/m1/s1. The van der Waals surface area contributed by atoms with E-state index in [1.165, 1.54) is 4.90 Å². The molecule has 12 heteroatoms. The Bertz CT molecular complexity index is 992. The monoisotopic (exact) mass is 534 g/mol. The molecule has 0 radical (unpaired) electrons. The second kappa shape index (κ2) is 13.0. The van der Waals surface area contributed by atoms with Crippen LogP contribution >= 0.6 is 0 Å². The van der Waals surface area contributed by atoms with Gasteiger partial charge < -0.3 is 25.0 Å². The number of rotatable bonds is 11. The molecule has 1 aromatic carbocycles. The molecule has 0 saturated carbocycles. The van der Waals surface area contributed by atoms with Gasteiger partial charge in [0, 0.05) is 31.6 Å². The second-order valence-corrected chi connectivity index (χ2v) is 10.8. The minimum absolute atomic E-state index is 0.0881. The maximum atomic E-state index is 13.7. The number of carbonyl (C=O) groups excluding carboxylic acids is 2. The average Bonchev–Trinajstić information content (AvgIpc) is 3.25. The molecule has 2 aliphatic rings. The first-order chi connectivity index (χ1) is 17.9. The third-order valence-electron chi connectivity index (χ3n) is 7.39. The van der Waals surface area contributed by atoms with Gasteiger partial charge in [-0.05, 0) is 38.7 Å². The van der Waals surface area contributed by atoms with Crippen LogP contribution in [0, 0.1) is 17.2 Å². The van der Waals surface area contributed by atoms with E-state index < -0.39 is 42.5 Å². The Morgan fingerprint density at radius 3 is 2.61 bits per heavy atom. The van der Waals surface area contributed by atoms with Gasteiger partial charge >= 0.3 is 7.12 Å². The van der Waals surface area contributed by atoms with Crippen LogP contribution in [0.4, 0.5) is 8.78 Å². The molecule has 0 bridgehead atoms. The largest absolute Gasteiger partial charge is 0.475 e. The van der Waals surface area contributed by atoms with Crippen molar-refractivity contribution >= 4 is 18.9 Å². The normalized spacial score (nSPS) is 21.4. The summed E-state index contributed by atoms with van der Waals surface area (Å²) in [6.07, 6.45) is -0.00379. The Balaban J connectivity index is 1.51. The van der Waals surface area contributed by atoms with Crippen molar-refractivity contribution in [2.45, 2.75) is 69.5 Å². The lowest BCUT2D eigenvalue weighted by molar-refractivity contribution is -0.144. The summed E-state index contributed by atoms with van der Waals surface area (Å²) < 4.78 is 33.0. The molecule has 9 nitrogen and oxygen atoms in total. The third kappa shape index (κ3) is 8.46. The fourth-order valence-electron chi connectivity index (χ4n) is 4.99. The van der Waals surface area contributed by atoms with Crippen LogP contribution in [-0.4, -0.2) is 95.1 Å². The first-order valence-electron chi connectivity index (χ1n) is 13.0. The smallest absolute Gasteiger partial charge is 0.426 e. The van der Waals surface area contributed by atoms with Crippen molar-refractivity contribution in [2.75, 3.05) is 32.8 Å². The van der Waals surface area contributed by atoms with E-state index in [1.807, 2.05) is 44.2 Å². The number of carbonyl (C=O) groups is 2. The molecule has 38 heavy (non-hydrogen) atoms. The zero-order chi connectivity index (χ0) is 27.9. The first-order valence-corrected chi connectivity index (χ1v) is 13.0. The van der Waals surface area contributed by atoms with Crippen molar-refractivity contribution in [3.05, 3.63) is 35.9 Å². The second-order valence-electron chi connectivity index (χ2n) is 10.8. The van der Waals surface area contributed by atoms with Gasteiger partial charge in [0.15, 0.2) is 0 Å². The highest BCUT2D eigenvalue weighted by Gasteiger charge is 2.44. The van der Waals surface area contributed by atoms with Gasteiger partial charge in [-0.2, -0.15) is 5.26 Å². The lowest BCUT2D eigenvalue weighted by Gasteiger charge is -2.37. The summed E-state index contributed by atoms with van der Waals surface area (Å²) in [6, 6.07) is 11.2. The highest BCUT2D eigenvalue weighted by molar-refractivity contribution is 6.43. The summed E-state index contributed by atoms with van der Waals surface area (Å²) in [4.78, 5) is 29.0. The molecular weight excluding hydrogens is 497 g/mol. The van der Waals surface area contributed by atoms with Gasteiger partial charge in [0.05, 0.1) is 37.7 Å². The van der Waals surface area contributed by atoms with Crippen molar-refractivity contribution in [3.8, 4) is 6.07 Å². The molecule has 3 N–H and O–H groups in total. The Kier molecular flexibility index (Phi) is 10.2. The van der Waals surface area contributed by atoms with Gasteiger partial charge in [-0.15, -0.1) is 0 Å². The van der Waals surface area contributed by atoms with Gasteiger partial charge in [-0.3, -0.25) is 14.5 Å². The molecule has 0 aliphatic carbocycles. The number of likely N-dealkylation sites (tertiary alicyclic amines) is 1. The molecule has 2 aliphatic heterocycles. The molecule has 1 unspecified atom stereocenters. The zero-order valence-electron chi connectivity index (χ0n) is 22.0. The van der Waals surface area contributed by atoms with Gasteiger partial charge in [0.2, 0.25) is 11.8 Å². The van der Waals surface area contributed by atoms with E-state index >= 15 is 0 Å². The number of benzene rings is 1. The van der Waals surface area contributed by atoms with Gasteiger partial charge in [0.1, 0.15) is 5.92 Å². The SMILES string of the molecule is CC(C)(CCC(C#N)C(=O)N1CCO[C@H](CC(=O)N[C@@H](Cc2ccccc2)B(O)O)C1)N1CCC(F)(F)C1. The minimum atomic E-state index is -2.71. The Labute approximate surface area is 222 Å².